The van der Waals surface area contributed by atoms with Gasteiger partial charge in [-0.15, -0.1) is 24.0 Å². The quantitative estimate of drug-likeness (QED) is 0.194. The number of guanidine groups is 1. The van der Waals surface area contributed by atoms with Crippen molar-refractivity contribution in [3.63, 3.8) is 0 Å². The van der Waals surface area contributed by atoms with Crippen LogP contribution in [0.5, 0.6) is 11.5 Å². The Bertz CT molecular complexity index is 613. The predicted molar refractivity (Wildman–Crippen MR) is 125 cm³/mol. The fourth-order valence-corrected chi connectivity index (χ4v) is 3.27. The minimum absolute atomic E-state index is 0. The van der Waals surface area contributed by atoms with E-state index in [0.29, 0.717) is 31.3 Å². The highest BCUT2D eigenvalue weighted by molar-refractivity contribution is 14.0. The molecule has 0 amide bonds. The van der Waals surface area contributed by atoms with E-state index in [2.05, 4.69) is 31.6 Å². The molecule has 1 aromatic rings. The molecule has 2 rings (SSSR count). The van der Waals surface area contributed by atoms with Crippen LogP contribution in [0.4, 0.5) is 0 Å². The molecule has 0 saturated carbocycles. The Morgan fingerprint density at radius 3 is 2.64 bits per heavy atom. The van der Waals surface area contributed by atoms with E-state index in [1.807, 2.05) is 12.1 Å². The highest BCUT2D eigenvalue weighted by Crippen LogP contribution is 2.33. The van der Waals surface area contributed by atoms with Crippen molar-refractivity contribution in [2.75, 3.05) is 47.6 Å². The Morgan fingerprint density at radius 1 is 1.25 bits per heavy atom. The van der Waals surface area contributed by atoms with Gasteiger partial charge in [0.25, 0.3) is 0 Å². The molecule has 1 atom stereocenters. The van der Waals surface area contributed by atoms with Crippen LogP contribution in [0.1, 0.15) is 24.8 Å². The van der Waals surface area contributed by atoms with Gasteiger partial charge in [-0.1, -0.05) is 15.9 Å². The zero-order chi connectivity index (χ0) is 19.5. The summed E-state index contributed by atoms with van der Waals surface area (Å²) in [6.45, 7) is 3.67. The third-order valence-corrected chi connectivity index (χ3v) is 5.05. The highest BCUT2D eigenvalue weighted by Gasteiger charge is 2.15. The molecule has 2 N–H and O–H groups in total. The second-order valence-electron chi connectivity index (χ2n) is 6.21. The molecule has 0 bridgehead atoms. The van der Waals surface area contributed by atoms with Crippen molar-refractivity contribution in [1.29, 1.82) is 0 Å². The molecule has 28 heavy (non-hydrogen) atoms. The summed E-state index contributed by atoms with van der Waals surface area (Å²) in [5.41, 5.74) is 1.05. The van der Waals surface area contributed by atoms with E-state index in [1.54, 1.807) is 21.3 Å². The molecule has 1 aliphatic heterocycles. The number of aliphatic imine (C=N–C) groups is 1. The first-order chi connectivity index (χ1) is 13.2. The Balaban J connectivity index is 0.00000392. The van der Waals surface area contributed by atoms with Crippen LogP contribution in [-0.2, 0) is 16.0 Å². The van der Waals surface area contributed by atoms with Gasteiger partial charge < -0.3 is 29.6 Å². The molecule has 1 aliphatic rings. The topological polar surface area (TPSA) is 73.3 Å². The lowest BCUT2D eigenvalue weighted by atomic mass is 10.2. The summed E-state index contributed by atoms with van der Waals surface area (Å²) >= 11 is 3.57. The first-order valence-corrected chi connectivity index (χ1v) is 10.0. The van der Waals surface area contributed by atoms with Gasteiger partial charge in [0.1, 0.15) is 0 Å². The van der Waals surface area contributed by atoms with E-state index in [0.717, 1.165) is 48.4 Å². The minimum atomic E-state index is 0. The van der Waals surface area contributed by atoms with E-state index in [-0.39, 0.29) is 30.1 Å². The second-order valence-corrected chi connectivity index (χ2v) is 7.07. The van der Waals surface area contributed by atoms with Gasteiger partial charge in [0.15, 0.2) is 17.5 Å². The van der Waals surface area contributed by atoms with Gasteiger partial charge in [-0.2, -0.15) is 0 Å². The molecule has 0 radical (unpaired) electrons. The van der Waals surface area contributed by atoms with Crippen molar-refractivity contribution in [1.82, 2.24) is 10.6 Å². The lowest BCUT2D eigenvalue weighted by molar-refractivity contribution is 0.0168. The number of hydrogen-bond acceptors (Lipinski definition) is 5. The Hall–Kier alpha value is -0.780. The first-order valence-electron chi connectivity index (χ1n) is 9.22. The number of benzene rings is 1. The maximum absolute atomic E-state index is 5.67. The molecule has 7 nitrogen and oxygen atoms in total. The van der Waals surface area contributed by atoms with Crippen LogP contribution >= 0.6 is 39.9 Å². The fourth-order valence-electron chi connectivity index (χ4n) is 2.80. The smallest absolute Gasteiger partial charge is 0.191 e. The summed E-state index contributed by atoms with van der Waals surface area (Å²) < 4.78 is 22.8. The number of halogens is 2. The monoisotopic (exact) mass is 571 g/mol. The standard InChI is InChI=1S/C19H30BrN3O4.HI/c1-21-19(22-7-5-8-26-13-15-6-4-9-27-15)23-12-14-10-17(24-2)18(25-3)11-16(14)20;/h10-11,15H,4-9,12-13H2,1-3H3,(H2,21,22,23);1H. The Kier molecular flexibility index (Phi) is 12.8. The normalized spacial score (nSPS) is 16.4. The summed E-state index contributed by atoms with van der Waals surface area (Å²) in [5, 5.41) is 6.60. The molecular weight excluding hydrogens is 541 g/mol. The molecule has 0 aliphatic carbocycles. The summed E-state index contributed by atoms with van der Waals surface area (Å²) in [6.07, 6.45) is 3.45. The summed E-state index contributed by atoms with van der Waals surface area (Å²) in [5.74, 6) is 2.14. The van der Waals surface area contributed by atoms with E-state index in [1.165, 1.54) is 0 Å². The van der Waals surface area contributed by atoms with Crippen molar-refractivity contribution in [2.24, 2.45) is 4.99 Å². The van der Waals surface area contributed by atoms with E-state index < -0.39 is 0 Å². The van der Waals surface area contributed by atoms with Crippen molar-refractivity contribution in [2.45, 2.75) is 31.9 Å². The van der Waals surface area contributed by atoms with Crippen molar-refractivity contribution < 1.29 is 18.9 Å². The Morgan fingerprint density at radius 2 is 2.00 bits per heavy atom. The number of hydrogen-bond donors (Lipinski definition) is 2. The molecule has 0 aromatic heterocycles. The van der Waals surface area contributed by atoms with Gasteiger partial charge in [0, 0.05) is 37.8 Å². The summed E-state index contributed by atoms with van der Waals surface area (Å²) in [7, 11) is 5.01. The maximum Gasteiger partial charge on any atom is 0.191 e. The summed E-state index contributed by atoms with van der Waals surface area (Å²) in [4.78, 5) is 4.25. The average molecular weight is 572 g/mol. The van der Waals surface area contributed by atoms with E-state index in [4.69, 9.17) is 18.9 Å². The maximum atomic E-state index is 5.67. The lowest BCUT2D eigenvalue weighted by Crippen LogP contribution is -2.37. The van der Waals surface area contributed by atoms with Gasteiger partial charge in [-0.3, -0.25) is 4.99 Å². The van der Waals surface area contributed by atoms with Crippen LogP contribution in [0, 0.1) is 0 Å². The van der Waals surface area contributed by atoms with Crippen LogP contribution < -0.4 is 20.1 Å². The molecule has 160 valence electrons. The first kappa shape index (κ1) is 25.3. The lowest BCUT2D eigenvalue weighted by Gasteiger charge is -2.15. The third kappa shape index (κ3) is 8.30. The number of methoxy groups -OCH3 is 2. The van der Waals surface area contributed by atoms with Gasteiger partial charge in [0.2, 0.25) is 0 Å². The molecular formula is C19H31BrIN3O4. The molecule has 1 heterocycles. The van der Waals surface area contributed by atoms with Crippen LogP contribution in [0.3, 0.4) is 0 Å². The zero-order valence-corrected chi connectivity index (χ0v) is 20.7. The second kappa shape index (κ2) is 14.2. The van der Waals surface area contributed by atoms with Crippen LogP contribution in [0.15, 0.2) is 21.6 Å². The third-order valence-electron chi connectivity index (χ3n) is 4.31. The molecule has 1 saturated heterocycles. The van der Waals surface area contributed by atoms with E-state index in [9.17, 15) is 0 Å². The van der Waals surface area contributed by atoms with Crippen molar-refractivity contribution >= 4 is 45.9 Å². The van der Waals surface area contributed by atoms with Gasteiger partial charge in [-0.05, 0) is 37.0 Å². The highest BCUT2D eigenvalue weighted by atomic mass is 127. The molecule has 0 spiro atoms. The van der Waals surface area contributed by atoms with Gasteiger partial charge >= 0.3 is 0 Å². The van der Waals surface area contributed by atoms with Gasteiger partial charge in [-0.25, -0.2) is 0 Å². The minimum Gasteiger partial charge on any atom is -0.493 e. The van der Waals surface area contributed by atoms with Crippen LogP contribution in [-0.4, -0.2) is 59.7 Å². The number of nitrogens with one attached hydrogen (secondary N) is 2. The fraction of sp³-hybridized carbons (Fsp3) is 0.632. The van der Waals surface area contributed by atoms with E-state index >= 15 is 0 Å². The Labute approximate surface area is 193 Å². The predicted octanol–water partition coefficient (Wildman–Crippen LogP) is 3.34. The largest absolute Gasteiger partial charge is 0.493 e. The molecule has 9 heteroatoms. The number of rotatable bonds is 10. The average Bonchev–Trinajstić information content (AvgIpc) is 3.20. The number of ether oxygens (including phenoxy) is 4. The zero-order valence-electron chi connectivity index (χ0n) is 16.8. The SMILES string of the molecule is CN=C(NCCCOCC1CCCO1)NCc1cc(OC)c(OC)cc1Br.I. The summed E-state index contributed by atoms with van der Waals surface area (Å²) in [6, 6.07) is 3.85. The van der Waals surface area contributed by atoms with Crippen LogP contribution in [0.25, 0.3) is 0 Å². The van der Waals surface area contributed by atoms with Crippen molar-refractivity contribution in [3.8, 4) is 11.5 Å². The van der Waals surface area contributed by atoms with Crippen molar-refractivity contribution in [3.05, 3.63) is 22.2 Å². The van der Waals surface area contributed by atoms with Crippen LogP contribution in [0.2, 0.25) is 0 Å². The number of nitrogens with zero attached hydrogens (tertiary/aromatic N) is 1. The molecule has 1 aromatic carbocycles. The molecule has 1 unspecified atom stereocenters. The molecule has 1 fully saturated rings. The van der Waals surface area contributed by atoms with Gasteiger partial charge in [0.05, 0.1) is 26.9 Å².